The van der Waals surface area contributed by atoms with E-state index in [4.69, 9.17) is 0 Å². The molecule has 0 fully saturated rings. The van der Waals surface area contributed by atoms with E-state index in [1.165, 1.54) is 17.5 Å². The highest BCUT2D eigenvalue weighted by Crippen LogP contribution is 2.26. The maximum absolute atomic E-state index is 4.27. The summed E-state index contributed by atoms with van der Waals surface area (Å²) < 4.78 is 0. The van der Waals surface area contributed by atoms with Crippen molar-refractivity contribution in [2.24, 2.45) is 0 Å². The second-order valence-corrected chi connectivity index (χ2v) is 5.13. The fourth-order valence-electron chi connectivity index (χ4n) is 1.77. The summed E-state index contributed by atoms with van der Waals surface area (Å²) >= 11 is 0. The van der Waals surface area contributed by atoms with Crippen molar-refractivity contribution in [3.63, 3.8) is 0 Å². The van der Waals surface area contributed by atoms with Crippen molar-refractivity contribution in [2.75, 3.05) is 13.1 Å². The lowest BCUT2D eigenvalue weighted by Gasteiger charge is -2.25. The van der Waals surface area contributed by atoms with Crippen molar-refractivity contribution in [1.29, 1.82) is 0 Å². The molecule has 0 saturated carbocycles. The highest BCUT2D eigenvalue weighted by Gasteiger charge is 2.20. The van der Waals surface area contributed by atoms with Gasteiger partial charge in [-0.25, -0.2) is 0 Å². The fourth-order valence-corrected chi connectivity index (χ4v) is 1.77. The minimum absolute atomic E-state index is 0.208. The lowest BCUT2D eigenvalue weighted by Crippen LogP contribution is -2.26. The topological polar surface area (TPSA) is 24.9 Å². The van der Waals surface area contributed by atoms with E-state index in [0.717, 1.165) is 19.5 Å². The van der Waals surface area contributed by atoms with Crippen LogP contribution in [-0.4, -0.2) is 18.1 Å². The molecule has 0 aliphatic rings. The van der Waals surface area contributed by atoms with Gasteiger partial charge in [-0.15, -0.1) is 0 Å². The standard InChI is InChI=1S/C14H24N2/c1-5-7-15-8-6-14(3,4)13-9-12(2)10-16-11-13/h9-11,15H,5-8H2,1-4H3. The second kappa shape index (κ2) is 6.00. The summed E-state index contributed by atoms with van der Waals surface area (Å²) in [5.74, 6) is 0. The van der Waals surface area contributed by atoms with Gasteiger partial charge in [-0.2, -0.15) is 0 Å². The number of hydrogen-bond acceptors (Lipinski definition) is 2. The van der Waals surface area contributed by atoms with E-state index in [0.29, 0.717) is 0 Å². The van der Waals surface area contributed by atoms with Crippen LogP contribution in [-0.2, 0) is 5.41 Å². The third-order valence-electron chi connectivity index (χ3n) is 3.01. The van der Waals surface area contributed by atoms with Crippen LogP contribution in [0, 0.1) is 6.92 Å². The van der Waals surface area contributed by atoms with Crippen LogP contribution in [0.2, 0.25) is 0 Å². The normalized spacial score (nSPS) is 11.8. The molecule has 0 bridgehead atoms. The van der Waals surface area contributed by atoms with E-state index in [9.17, 15) is 0 Å². The molecule has 0 spiro atoms. The van der Waals surface area contributed by atoms with Crippen LogP contribution in [0.15, 0.2) is 18.5 Å². The number of aryl methyl sites for hydroxylation is 1. The van der Waals surface area contributed by atoms with E-state index in [-0.39, 0.29) is 5.41 Å². The lowest BCUT2D eigenvalue weighted by molar-refractivity contribution is 0.455. The Morgan fingerprint density at radius 3 is 2.62 bits per heavy atom. The zero-order chi connectivity index (χ0) is 12.0. The summed E-state index contributed by atoms with van der Waals surface area (Å²) in [4.78, 5) is 4.27. The van der Waals surface area contributed by atoms with Crippen LogP contribution in [0.5, 0.6) is 0 Å². The number of hydrogen-bond donors (Lipinski definition) is 1. The van der Waals surface area contributed by atoms with Crippen molar-refractivity contribution in [3.05, 3.63) is 29.6 Å². The third kappa shape index (κ3) is 3.93. The van der Waals surface area contributed by atoms with Crippen molar-refractivity contribution in [3.8, 4) is 0 Å². The summed E-state index contributed by atoms with van der Waals surface area (Å²) in [6.07, 6.45) is 6.26. The molecule has 0 radical (unpaired) electrons. The molecule has 0 saturated heterocycles. The average Bonchev–Trinajstić information content (AvgIpc) is 2.24. The number of nitrogens with zero attached hydrogens (tertiary/aromatic N) is 1. The highest BCUT2D eigenvalue weighted by atomic mass is 14.8. The summed E-state index contributed by atoms with van der Waals surface area (Å²) in [5, 5.41) is 3.46. The molecule has 1 aromatic rings. The highest BCUT2D eigenvalue weighted by molar-refractivity contribution is 5.24. The average molecular weight is 220 g/mol. The van der Waals surface area contributed by atoms with Crippen molar-refractivity contribution >= 4 is 0 Å². The van der Waals surface area contributed by atoms with Crippen molar-refractivity contribution in [2.45, 2.75) is 46.0 Å². The van der Waals surface area contributed by atoms with Gasteiger partial charge in [0.25, 0.3) is 0 Å². The minimum Gasteiger partial charge on any atom is -0.317 e. The Balaban J connectivity index is 2.55. The van der Waals surface area contributed by atoms with E-state index in [1.54, 1.807) is 0 Å². The van der Waals surface area contributed by atoms with Gasteiger partial charge < -0.3 is 5.32 Å². The molecule has 1 heterocycles. The molecular formula is C14H24N2. The Kier molecular flexibility index (Phi) is 4.94. The molecule has 1 rings (SSSR count). The molecule has 0 amide bonds. The SMILES string of the molecule is CCCNCCC(C)(C)c1cncc(C)c1. The van der Waals surface area contributed by atoms with Crippen LogP contribution in [0.3, 0.4) is 0 Å². The van der Waals surface area contributed by atoms with Gasteiger partial charge in [0, 0.05) is 12.4 Å². The molecule has 0 unspecified atom stereocenters. The van der Waals surface area contributed by atoms with Crippen LogP contribution in [0.4, 0.5) is 0 Å². The van der Waals surface area contributed by atoms with E-state index in [2.05, 4.69) is 44.1 Å². The Morgan fingerprint density at radius 1 is 1.25 bits per heavy atom. The zero-order valence-corrected chi connectivity index (χ0v) is 11.0. The molecule has 0 aliphatic carbocycles. The van der Waals surface area contributed by atoms with E-state index >= 15 is 0 Å². The van der Waals surface area contributed by atoms with Gasteiger partial charge in [0.15, 0.2) is 0 Å². The van der Waals surface area contributed by atoms with Gasteiger partial charge in [0.05, 0.1) is 0 Å². The Bertz CT molecular complexity index is 318. The van der Waals surface area contributed by atoms with E-state index in [1.807, 2.05) is 12.4 Å². The summed E-state index contributed by atoms with van der Waals surface area (Å²) in [6.45, 7) is 11.1. The third-order valence-corrected chi connectivity index (χ3v) is 3.01. The summed E-state index contributed by atoms with van der Waals surface area (Å²) in [5.41, 5.74) is 2.79. The van der Waals surface area contributed by atoms with Crippen LogP contribution >= 0.6 is 0 Å². The monoisotopic (exact) mass is 220 g/mol. The second-order valence-electron chi connectivity index (χ2n) is 5.13. The molecule has 0 aliphatic heterocycles. The van der Waals surface area contributed by atoms with Gasteiger partial charge >= 0.3 is 0 Å². The largest absolute Gasteiger partial charge is 0.317 e. The molecule has 2 heteroatoms. The first-order chi connectivity index (χ1) is 7.56. The van der Waals surface area contributed by atoms with Crippen molar-refractivity contribution in [1.82, 2.24) is 10.3 Å². The fraction of sp³-hybridized carbons (Fsp3) is 0.643. The number of rotatable bonds is 6. The number of pyridine rings is 1. The van der Waals surface area contributed by atoms with E-state index < -0.39 is 0 Å². The zero-order valence-electron chi connectivity index (χ0n) is 11.0. The van der Waals surface area contributed by atoms with Crippen molar-refractivity contribution < 1.29 is 0 Å². The molecule has 2 nitrogen and oxygen atoms in total. The summed E-state index contributed by atoms with van der Waals surface area (Å²) in [7, 11) is 0. The van der Waals surface area contributed by atoms with Gasteiger partial charge in [-0.1, -0.05) is 26.8 Å². The van der Waals surface area contributed by atoms with Gasteiger partial charge in [-0.05, 0) is 49.4 Å². The molecule has 1 N–H and O–H groups in total. The lowest BCUT2D eigenvalue weighted by atomic mass is 9.82. The molecule has 0 atom stereocenters. The minimum atomic E-state index is 0.208. The number of nitrogens with one attached hydrogen (secondary N) is 1. The first kappa shape index (κ1) is 13.2. The molecular weight excluding hydrogens is 196 g/mol. The Hall–Kier alpha value is -0.890. The van der Waals surface area contributed by atoms with Crippen LogP contribution in [0.1, 0.15) is 44.7 Å². The quantitative estimate of drug-likeness (QED) is 0.745. The number of aromatic nitrogens is 1. The maximum Gasteiger partial charge on any atom is 0.0305 e. The first-order valence-electron chi connectivity index (χ1n) is 6.19. The first-order valence-corrected chi connectivity index (χ1v) is 6.19. The predicted octanol–water partition coefficient (Wildman–Crippen LogP) is 3.06. The molecule has 0 aromatic carbocycles. The van der Waals surface area contributed by atoms with Gasteiger partial charge in [0.1, 0.15) is 0 Å². The molecule has 16 heavy (non-hydrogen) atoms. The Labute approximate surface area is 99.5 Å². The van der Waals surface area contributed by atoms with Gasteiger partial charge in [0.2, 0.25) is 0 Å². The molecule has 1 aromatic heterocycles. The van der Waals surface area contributed by atoms with Crippen LogP contribution < -0.4 is 5.32 Å². The Morgan fingerprint density at radius 2 is 2.00 bits per heavy atom. The molecule has 90 valence electrons. The van der Waals surface area contributed by atoms with Crippen LogP contribution in [0.25, 0.3) is 0 Å². The summed E-state index contributed by atoms with van der Waals surface area (Å²) in [6, 6.07) is 2.24. The smallest absolute Gasteiger partial charge is 0.0305 e. The predicted molar refractivity (Wildman–Crippen MR) is 69.8 cm³/mol. The van der Waals surface area contributed by atoms with Gasteiger partial charge in [-0.3, -0.25) is 4.98 Å². The maximum atomic E-state index is 4.27.